The first-order valence-corrected chi connectivity index (χ1v) is 8.65. The molecule has 0 saturated heterocycles. The average molecular weight is 380 g/mol. The first-order valence-electron chi connectivity index (χ1n) is 7.21. The number of ether oxygens (including phenoxy) is 1. The molecule has 10 heteroatoms. The molecular weight excluding hydrogens is 360 g/mol. The minimum absolute atomic E-state index is 0.0666. The van der Waals surface area contributed by atoms with Crippen LogP contribution in [0.15, 0.2) is 58.5 Å². The van der Waals surface area contributed by atoms with E-state index >= 15 is 0 Å². The third-order valence-corrected chi connectivity index (χ3v) is 3.81. The summed E-state index contributed by atoms with van der Waals surface area (Å²) < 4.78 is 34.6. The molecule has 0 aliphatic rings. The molecule has 0 amide bonds. The van der Waals surface area contributed by atoms with Crippen LogP contribution in [0, 0.1) is 12.1 Å². The van der Waals surface area contributed by atoms with Crippen LogP contribution in [-0.4, -0.2) is 37.1 Å². The summed E-state index contributed by atoms with van der Waals surface area (Å²) in [6.45, 7) is 1.84. The molecule has 0 saturated carbocycles. The lowest BCUT2D eigenvalue weighted by Gasteiger charge is -2.03. The predicted octanol–water partition coefficient (Wildman–Crippen LogP) is 1.05. The number of rotatable bonds is 4. The lowest BCUT2D eigenvalue weighted by atomic mass is 10.2. The maximum atomic E-state index is 10.9. The van der Waals surface area contributed by atoms with E-state index in [-0.39, 0.29) is 9.74 Å². The van der Waals surface area contributed by atoms with Crippen LogP contribution in [0.25, 0.3) is 0 Å². The van der Waals surface area contributed by atoms with Crippen LogP contribution >= 0.6 is 0 Å². The third-order valence-electron chi connectivity index (χ3n) is 2.95. The summed E-state index contributed by atoms with van der Waals surface area (Å²) in [4.78, 5) is 0.0718. The van der Waals surface area contributed by atoms with Gasteiger partial charge in [0, 0.05) is 0 Å². The summed E-state index contributed by atoms with van der Waals surface area (Å²) in [6, 6.07) is 13.1. The molecule has 0 aromatic heterocycles. The van der Waals surface area contributed by atoms with Crippen molar-refractivity contribution in [2.24, 2.45) is 16.6 Å². The van der Waals surface area contributed by atoms with Crippen molar-refractivity contribution in [2.45, 2.75) is 11.8 Å². The van der Waals surface area contributed by atoms with Crippen LogP contribution in [0.4, 0.5) is 0 Å². The van der Waals surface area contributed by atoms with Crippen LogP contribution in [0.1, 0.15) is 11.1 Å². The molecule has 0 bridgehead atoms. The standard InChI is InChI=1S/C9H12N4O2.C7H8O3S/c1-15-8-4-2-3-7(5-8)6-12-13(14)9(10)11;1-6-2-4-7(5-3-6)11(8,9)10/h2-6H,10-11H2,1H3;2-5H,1H3,(H,8,9,10)/b12-6+;. The molecule has 0 atom stereocenters. The van der Waals surface area contributed by atoms with E-state index in [9.17, 15) is 13.6 Å². The van der Waals surface area contributed by atoms with E-state index in [0.717, 1.165) is 11.1 Å². The van der Waals surface area contributed by atoms with Crippen LogP contribution < -0.4 is 16.2 Å². The van der Waals surface area contributed by atoms with Crippen molar-refractivity contribution >= 4 is 22.3 Å². The Balaban J connectivity index is 0.000000273. The topological polar surface area (TPSA) is 154 Å². The first-order chi connectivity index (χ1) is 12.1. The number of aryl methyl sites for hydroxylation is 1. The number of nitrogens with zero attached hydrogens (tertiary/aromatic N) is 2. The van der Waals surface area contributed by atoms with Crippen LogP contribution in [0.5, 0.6) is 5.75 Å². The Morgan fingerprint density at radius 1 is 1.23 bits per heavy atom. The summed E-state index contributed by atoms with van der Waals surface area (Å²) in [7, 11) is -2.46. The predicted molar refractivity (Wildman–Crippen MR) is 98.6 cm³/mol. The van der Waals surface area contributed by atoms with Gasteiger partial charge in [-0.25, -0.2) is 0 Å². The van der Waals surface area contributed by atoms with E-state index < -0.39 is 16.1 Å². The van der Waals surface area contributed by atoms with Crippen LogP contribution in [0.2, 0.25) is 0 Å². The maximum absolute atomic E-state index is 10.9. The molecule has 140 valence electrons. The fourth-order valence-corrected chi connectivity index (χ4v) is 2.10. The van der Waals surface area contributed by atoms with Gasteiger partial charge >= 0.3 is 5.96 Å². The fourth-order valence-electron chi connectivity index (χ4n) is 1.62. The smallest absolute Gasteiger partial charge is 0.366 e. The van der Waals surface area contributed by atoms with Gasteiger partial charge in [-0.15, -0.1) is 9.95 Å². The van der Waals surface area contributed by atoms with E-state index in [4.69, 9.17) is 20.8 Å². The molecule has 9 nitrogen and oxygen atoms in total. The van der Waals surface area contributed by atoms with Gasteiger partial charge in [0.1, 0.15) is 5.75 Å². The largest absolute Gasteiger partial charge is 0.722 e. The Bertz CT molecular complexity index is 889. The lowest BCUT2D eigenvalue weighted by molar-refractivity contribution is -0.463. The van der Waals surface area contributed by atoms with Crippen molar-refractivity contribution in [1.29, 1.82) is 0 Å². The minimum atomic E-state index is -4.02. The fraction of sp³-hybridized carbons (Fsp3) is 0.125. The highest BCUT2D eigenvalue weighted by molar-refractivity contribution is 7.85. The number of hydrazone groups is 1. The molecule has 0 unspecified atom stereocenters. The Morgan fingerprint density at radius 3 is 2.35 bits per heavy atom. The van der Waals surface area contributed by atoms with Gasteiger partial charge in [-0.05, 0) is 36.8 Å². The molecule has 26 heavy (non-hydrogen) atoms. The molecule has 0 heterocycles. The monoisotopic (exact) mass is 380 g/mol. The van der Waals surface area contributed by atoms with Gasteiger partial charge in [-0.1, -0.05) is 29.8 Å². The molecule has 0 aliphatic carbocycles. The van der Waals surface area contributed by atoms with E-state index in [2.05, 4.69) is 5.10 Å². The van der Waals surface area contributed by atoms with Gasteiger partial charge in [0.15, 0.2) is 0 Å². The highest BCUT2D eigenvalue weighted by atomic mass is 32.2. The number of benzene rings is 2. The first kappa shape index (κ1) is 20.9. The van der Waals surface area contributed by atoms with Gasteiger partial charge in [0.2, 0.25) is 0 Å². The van der Waals surface area contributed by atoms with Crippen molar-refractivity contribution in [3.63, 3.8) is 0 Å². The minimum Gasteiger partial charge on any atom is -0.722 e. The summed E-state index contributed by atoms with van der Waals surface area (Å²) in [5.74, 6) is 0.273. The molecular formula is C16H20N4O5S. The number of hydrogen-bond acceptors (Lipinski definition) is 5. The van der Waals surface area contributed by atoms with Crippen molar-refractivity contribution < 1.29 is 22.6 Å². The van der Waals surface area contributed by atoms with E-state index in [1.807, 2.05) is 6.92 Å². The Hall–Kier alpha value is -3.11. The van der Waals surface area contributed by atoms with Crippen molar-refractivity contribution in [3.05, 3.63) is 64.9 Å². The summed E-state index contributed by atoms with van der Waals surface area (Å²) in [5.41, 5.74) is 11.7. The van der Waals surface area contributed by atoms with Gasteiger partial charge in [0.25, 0.3) is 10.1 Å². The van der Waals surface area contributed by atoms with Gasteiger partial charge in [-0.2, -0.15) is 8.42 Å². The Kier molecular flexibility index (Phi) is 7.56. The van der Waals surface area contributed by atoms with E-state index in [0.29, 0.717) is 5.75 Å². The molecule has 2 rings (SSSR count). The average Bonchev–Trinajstić information content (AvgIpc) is 2.60. The van der Waals surface area contributed by atoms with E-state index in [1.54, 1.807) is 43.5 Å². The second kappa shape index (κ2) is 9.39. The molecule has 5 N–H and O–H groups in total. The van der Waals surface area contributed by atoms with Crippen molar-refractivity contribution in [1.82, 2.24) is 0 Å². The summed E-state index contributed by atoms with van der Waals surface area (Å²) in [5, 5.41) is 14.4. The quantitative estimate of drug-likeness (QED) is 0.179. The lowest BCUT2D eigenvalue weighted by Crippen LogP contribution is -2.30. The third kappa shape index (κ3) is 7.20. The maximum Gasteiger partial charge on any atom is 0.366 e. The normalized spacial score (nSPS) is 10.7. The van der Waals surface area contributed by atoms with Crippen LogP contribution in [0.3, 0.4) is 0 Å². The van der Waals surface area contributed by atoms with Gasteiger partial charge < -0.3 is 9.94 Å². The summed E-state index contributed by atoms with van der Waals surface area (Å²) >= 11 is 0. The van der Waals surface area contributed by atoms with Gasteiger partial charge in [-0.3, -0.25) is 16.0 Å². The van der Waals surface area contributed by atoms with E-state index in [1.165, 1.54) is 18.3 Å². The molecule has 2 aromatic carbocycles. The SMILES string of the molecule is COc1cccc(/C=N/[N+]([O-])=C(N)N)c1.Cc1ccc(S(=O)(=O)O)cc1. The Morgan fingerprint density at radius 2 is 1.85 bits per heavy atom. The summed E-state index contributed by atoms with van der Waals surface area (Å²) in [6.07, 6.45) is 1.34. The zero-order chi connectivity index (χ0) is 19.7. The Labute approximate surface area is 151 Å². The zero-order valence-corrected chi connectivity index (χ0v) is 15.1. The van der Waals surface area contributed by atoms with Crippen molar-refractivity contribution in [3.8, 4) is 5.75 Å². The number of guanidine groups is 1. The second-order valence-corrected chi connectivity index (χ2v) is 6.43. The molecule has 0 aliphatic heterocycles. The zero-order valence-electron chi connectivity index (χ0n) is 14.2. The van der Waals surface area contributed by atoms with Crippen molar-refractivity contribution in [2.75, 3.05) is 7.11 Å². The number of methoxy groups -OCH3 is 1. The molecule has 0 fully saturated rings. The van der Waals surface area contributed by atoms with Gasteiger partial charge in [0.05, 0.1) is 18.2 Å². The molecule has 0 spiro atoms. The second-order valence-electron chi connectivity index (χ2n) is 5.01. The number of nitrogens with two attached hydrogens (primary N) is 2. The van der Waals surface area contributed by atoms with Crippen LogP contribution in [-0.2, 0) is 10.1 Å². The highest BCUT2D eigenvalue weighted by Gasteiger charge is 2.06. The number of hydrogen-bond donors (Lipinski definition) is 3. The molecule has 2 aromatic rings. The highest BCUT2D eigenvalue weighted by Crippen LogP contribution is 2.10. The molecule has 0 radical (unpaired) electrons.